The maximum absolute atomic E-state index is 10.8. The van der Waals surface area contributed by atoms with Crippen LogP contribution in [-0.2, 0) is 15.6 Å². The zero-order valence-electron chi connectivity index (χ0n) is 6.81. The average molecular weight is 204 g/mol. The molecule has 7 heteroatoms. The molecule has 2 N–H and O–H groups in total. The summed E-state index contributed by atoms with van der Waals surface area (Å²) in [5, 5.41) is 8.86. The Morgan fingerprint density at radius 3 is 2.69 bits per heavy atom. The summed E-state index contributed by atoms with van der Waals surface area (Å²) in [6, 6.07) is 0.867. The fourth-order valence-corrected chi connectivity index (χ4v) is 1.44. The highest BCUT2D eigenvalue weighted by atomic mass is 32.2. The van der Waals surface area contributed by atoms with Crippen molar-refractivity contribution in [3.05, 3.63) is 22.2 Å². The maximum atomic E-state index is 10.8. The van der Waals surface area contributed by atoms with Gasteiger partial charge in [-0.05, 0) is 0 Å². The van der Waals surface area contributed by atoms with Crippen LogP contribution in [0.2, 0.25) is 0 Å². The van der Waals surface area contributed by atoms with Crippen LogP contribution in [0.4, 0.5) is 0 Å². The molecule has 0 aromatic carbocycles. The lowest BCUT2D eigenvalue weighted by Crippen LogP contribution is -2.12. The Morgan fingerprint density at radius 1 is 1.62 bits per heavy atom. The van der Waals surface area contributed by atoms with Crippen LogP contribution >= 0.6 is 0 Å². The van der Waals surface area contributed by atoms with E-state index in [1.165, 1.54) is 0 Å². The zero-order valence-corrected chi connectivity index (χ0v) is 7.63. The Bertz CT molecular complexity index is 462. The SMILES string of the molecule is CS(=O)(=O)Cc1nc(O)cc(=O)[nH]1. The topological polar surface area (TPSA) is 100 Å². The standard InChI is InChI=1S/C6H8N2O4S/c1-13(11,12)3-4-7-5(9)2-6(10)8-4/h2H,3H2,1H3,(H2,7,8,9,10). The number of aromatic hydroxyl groups is 1. The fraction of sp³-hybridized carbons (Fsp3) is 0.333. The van der Waals surface area contributed by atoms with Crippen molar-refractivity contribution in [1.29, 1.82) is 0 Å². The summed E-state index contributed by atoms with van der Waals surface area (Å²) in [4.78, 5) is 16.4. The molecule has 0 atom stereocenters. The van der Waals surface area contributed by atoms with Gasteiger partial charge in [-0.15, -0.1) is 0 Å². The van der Waals surface area contributed by atoms with Crippen molar-refractivity contribution in [1.82, 2.24) is 9.97 Å². The molecule has 0 aliphatic rings. The molecular formula is C6H8N2O4S. The molecule has 0 amide bonds. The summed E-state index contributed by atoms with van der Waals surface area (Å²) in [6.07, 6.45) is 1.01. The number of aromatic amines is 1. The van der Waals surface area contributed by atoms with Gasteiger partial charge in [0.15, 0.2) is 9.84 Å². The van der Waals surface area contributed by atoms with Gasteiger partial charge in [0.1, 0.15) is 11.6 Å². The molecule has 0 aliphatic carbocycles. The molecule has 0 fully saturated rings. The average Bonchev–Trinajstić information content (AvgIpc) is 1.78. The number of nitrogens with zero attached hydrogens (tertiary/aromatic N) is 1. The lowest BCUT2D eigenvalue weighted by molar-refractivity contribution is 0.448. The Hall–Kier alpha value is -1.37. The summed E-state index contributed by atoms with van der Waals surface area (Å²) in [7, 11) is -3.25. The van der Waals surface area contributed by atoms with E-state index < -0.39 is 27.0 Å². The number of aromatic nitrogens is 2. The van der Waals surface area contributed by atoms with Gasteiger partial charge < -0.3 is 10.1 Å². The summed E-state index contributed by atoms with van der Waals surface area (Å²) >= 11 is 0. The minimum absolute atomic E-state index is 0.0625. The Balaban J connectivity index is 3.10. The van der Waals surface area contributed by atoms with Crippen molar-refractivity contribution in [2.24, 2.45) is 0 Å². The quantitative estimate of drug-likeness (QED) is 0.645. The first-order valence-corrected chi connectivity index (χ1v) is 5.40. The van der Waals surface area contributed by atoms with Crippen LogP contribution in [-0.4, -0.2) is 29.7 Å². The molecule has 1 aromatic heterocycles. The molecule has 0 saturated carbocycles. The van der Waals surface area contributed by atoms with E-state index in [4.69, 9.17) is 5.11 Å². The van der Waals surface area contributed by atoms with Gasteiger partial charge in [0.2, 0.25) is 5.88 Å². The number of sulfone groups is 1. The van der Waals surface area contributed by atoms with Crippen molar-refractivity contribution < 1.29 is 13.5 Å². The predicted octanol–water partition coefficient (Wildman–Crippen LogP) is -0.980. The van der Waals surface area contributed by atoms with Gasteiger partial charge in [-0.3, -0.25) is 4.79 Å². The number of hydrogen-bond donors (Lipinski definition) is 2. The van der Waals surface area contributed by atoms with Crippen LogP contribution in [0.15, 0.2) is 10.9 Å². The molecule has 1 rings (SSSR count). The number of hydrogen-bond acceptors (Lipinski definition) is 5. The van der Waals surface area contributed by atoms with Crippen LogP contribution in [0.3, 0.4) is 0 Å². The highest BCUT2D eigenvalue weighted by Gasteiger charge is 2.07. The summed E-state index contributed by atoms with van der Waals surface area (Å²) in [5.74, 6) is -0.939. The Morgan fingerprint density at radius 2 is 2.23 bits per heavy atom. The minimum Gasteiger partial charge on any atom is -0.493 e. The van der Waals surface area contributed by atoms with E-state index in [1.807, 2.05) is 0 Å². The monoisotopic (exact) mass is 204 g/mol. The van der Waals surface area contributed by atoms with Crippen LogP contribution in [0.25, 0.3) is 0 Å². The third kappa shape index (κ3) is 3.24. The van der Waals surface area contributed by atoms with Gasteiger partial charge in [-0.1, -0.05) is 0 Å². The third-order valence-corrected chi connectivity index (χ3v) is 1.97. The maximum Gasteiger partial charge on any atom is 0.254 e. The van der Waals surface area contributed by atoms with Gasteiger partial charge >= 0.3 is 0 Å². The summed E-state index contributed by atoms with van der Waals surface area (Å²) < 4.78 is 21.6. The van der Waals surface area contributed by atoms with Crippen LogP contribution in [0, 0.1) is 0 Å². The second-order valence-corrected chi connectivity index (χ2v) is 4.76. The van der Waals surface area contributed by atoms with Crippen LogP contribution in [0.1, 0.15) is 5.82 Å². The van der Waals surface area contributed by atoms with Gasteiger partial charge in [-0.25, -0.2) is 8.42 Å². The predicted molar refractivity (Wildman–Crippen MR) is 45.1 cm³/mol. The lowest BCUT2D eigenvalue weighted by Gasteiger charge is -1.97. The molecule has 72 valence electrons. The Labute approximate surface area is 74.2 Å². The highest BCUT2D eigenvalue weighted by Crippen LogP contribution is 2.01. The molecular weight excluding hydrogens is 196 g/mol. The van der Waals surface area contributed by atoms with E-state index in [1.54, 1.807) is 0 Å². The first-order valence-electron chi connectivity index (χ1n) is 3.34. The van der Waals surface area contributed by atoms with E-state index in [-0.39, 0.29) is 5.82 Å². The molecule has 0 aliphatic heterocycles. The van der Waals surface area contributed by atoms with Crippen LogP contribution < -0.4 is 5.56 Å². The van der Waals surface area contributed by atoms with E-state index in [0.717, 1.165) is 12.3 Å². The van der Waals surface area contributed by atoms with E-state index in [0.29, 0.717) is 0 Å². The van der Waals surface area contributed by atoms with Gasteiger partial charge in [0, 0.05) is 6.26 Å². The molecule has 6 nitrogen and oxygen atoms in total. The highest BCUT2D eigenvalue weighted by molar-refractivity contribution is 7.89. The molecule has 0 bridgehead atoms. The third-order valence-electron chi connectivity index (χ3n) is 1.18. The number of H-pyrrole nitrogens is 1. The molecule has 0 spiro atoms. The molecule has 0 radical (unpaired) electrons. The molecule has 13 heavy (non-hydrogen) atoms. The van der Waals surface area contributed by atoms with E-state index in [2.05, 4.69) is 9.97 Å². The van der Waals surface area contributed by atoms with Gasteiger partial charge in [0.25, 0.3) is 5.56 Å². The normalized spacial score (nSPS) is 11.5. The van der Waals surface area contributed by atoms with Crippen molar-refractivity contribution in [3.8, 4) is 5.88 Å². The fourth-order valence-electron chi connectivity index (χ4n) is 0.811. The number of rotatable bonds is 2. The van der Waals surface area contributed by atoms with Crippen molar-refractivity contribution in [2.75, 3.05) is 6.26 Å². The largest absolute Gasteiger partial charge is 0.493 e. The molecule has 1 heterocycles. The molecule has 0 unspecified atom stereocenters. The van der Waals surface area contributed by atoms with Crippen molar-refractivity contribution in [3.63, 3.8) is 0 Å². The van der Waals surface area contributed by atoms with Crippen molar-refractivity contribution >= 4 is 9.84 Å². The second kappa shape index (κ2) is 3.17. The summed E-state index contributed by atoms with van der Waals surface area (Å²) in [6.45, 7) is 0. The number of nitrogens with one attached hydrogen (secondary N) is 1. The van der Waals surface area contributed by atoms with Gasteiger partial charge in [-0.2, -0.15) is 4.98 Å². The minimum atomic E-state index is -3.25. The Kier molecular flexibility index (Phi) is 2.37. The molecule has 0 saturated heterocycles. The van der Waals surface area contributed by atoms with Crippen LogP contribution in [0.5, 0.6) is 5.88 Å². The smallest absolute Gasteiger partial charge is 0.254 e. The first-order chi connectivity index (χ1) is 5.87. The second-order valence-electron chi connectivity index (χ2n) is 2.62. The zero-order chi connectivity index (χ0) is 10.1. The lowest BCUT2D eigenvalue weighted by atomic mass is 10.6. The first kappa shape index (κ1) is 9.72. The van der Waals surface area contributed by atoms with E-state index in [9.17, 15) is 13.2 Å². The summed E-state index contributed by atoms with van der Waals surface area (Å²) in [5.41, 5.74) is -0.578. The molecule has 1 aromatic rings. The van der Waals surface area contributed by atoms with E-state index >= 15 is 0 Å². The van der Waals surface area contributed by atoms with Crippen molar-refractivity contribution in [2.45, 2.75) is 5.75 Å². The van der Waals surface area contributed by atoms with Gasteiger partial charge in [0.05, 0.1) is 6.07 Å².